The number of amides is 1. The van der Waals surface area contributed by atoms with E-state index in [0.29, 0.717) is 6.54 Å². The van der Waals surface area contributed by atoms with Gasteiger partial charge in [0, 0.05) is 43.5 Å². The molecule has 1 N–H and O–H groups in total. The minimum Gasteiger partial charge on any atom is -0.444 e. The number of alkyl carbamates (subject to hydrolysis) is 1. The van der Waals surface area contributed by atoms with Crippen LogP contribution < -0.4 is 5.32 Å². The molecular weight excluding hydrogens is 326 g/mol. The zero-order chi connectivity index (χ0) is 18.6. The van der Waals surface area contributed by atoms with E-state index < -0.39 is 0 Å². The summed E-state index contributed by atoms with van der Waals surface area (Å²) >= 11 is 0. The highest BCUT2D eigenvalue weighted by atomic mass is 16.6. The Kier molecular flexibility index (Phi) is 5.57. The Hall–Kier alpha value is -2.40. The first-order valence-corrected chi connectivity index (χ1v) is 9.06. The molecule has 0 aliphatic carbocycles. The monoisotopic (exact) mass is 353 g/mol. The molecule has 1 amide bonds. The molecule has 0 bridgehead atoms. The molecule has 1 aromatic heterocycles. The minimum atomic E-state index is -0.363. The molecular formula is C21H27N3O2. The highest BCUT2D eigenvalue weighted by Crippen LogP contribution is 2.30. The standard InChI is InChI=1S/C21H27N3O2/c1-21(2,3)23-20(25)26-19-15-24(13-16-8-5-4-6-9-16)14-18(19)17-10-7-11-22-12-17/h4-12,18-19H,13-15H2,1-3H3,(H,23,25). The summed E-state index contributed by atoms with van der Waals surface area (Å²) in [6.45, 7) is 8.24. The van der Waals surface area contributed by atoms with Crippen LogP contribution in [-0.2, 0) is 11.3 Å². The van der Waals surface area contributed by atoms with Crippen LogP contribution in [0.4, 0.5) is 4.79 Å². The van der Waals surface area contributed by atoms with Gasteiger partial charge in [0.05, 0.1) is 0 Å². The van der Waals surface area contributed by atoms with Gasteiger partial charge in [0.25, 0.3) is 0 Å². The van der Waals surface area contributed by atoms with Crippen LogP contribution in [0, 0.1) is 0 Å². The van der Waals surface area contributed by atoms with Gasteiger partial charge in [-0.05, 0) is 38.0 Å². The van der Waals surface area contributed by atoms with Gasteiger partial charge in [0.15, 0.2) is 0 Å². The molecule has 5 heteroatoms. The third kappa shape index (κ3) is 5.05. The smallest absolute Gasteiger partial charge is 0.407 e. The van der Waals surface area contributed by atoms with Gasteiger partial charge in [0.1, 0.15) is 6.10 Å². The maximum Gasteiger partial charge on any atom is 0.407 e. The zero-order valence-corrected chi connectivity index (χ0v) is 15.7. The Labute approximate surface area is 155 Å². The number of likely N-dealkylation sites (tertiary alicyclic amines) is 1. The number of ether oxygens (including phenoxy) is 1. The van der Waals surface area contributed by atoms with Crippen molar-refractivity contribution in [3.8, 4) is 0 Å². The second kappa shape index (κ2) is 7.87. The summed E-state index contributed by atoms with van der Waals surface area (Å²) < 4.78 is 5.80. The zero-order valence-electron chi connectivity index (χ0n) is 15.7. The number of hydrogen-bond donors (Lipinski definition) is 1. The van der Waals surface area contributed by atoms with Crippen LogP contribution in [0.25, 0.3) is 0 Å². The molecule has 5 nitrogen and oxygen atoms in total. The molecule has 138 valence electrons. The van der Waals surface area contributed by atoms with Gasteiger partial charge in [-0.25, -0.2) is 4.79 Å². The molecule has 1 saturated heterocycles. The average Bonchev–Trinajstić information content (AvgIpc) is 2.97. The Morgan fingerprint density at radius 1 is 1.19 bits per heavy atom. The Bertz CT molecular complexity index is 713. The van der Waals surface area contributed by atoms with Crippen LogP contribution in [0.2, 0.25) is 0 Å². The third-order valence-electron chi connectivity index (χ3n) is 4.44. The van der Waals surface area contributed by atoms with Crippen molar-refractivity contribution < 1.29 is 9.53 Å². The summed E-state index contributed by atoms with van der Waals surface area (Å²) in [6, 6.07) is 14.4. The molecule has 1 aliphatic rings. The molecule has 3 rings (SSSR count). The van der Waals surface area contributed by atoms with E-state index in [2.05, 4.69) is 45.5 Å². The van der Waals surface area contributed by atoms with Crippen LogP contribution in [0.5, 0.6) is 0 Å². The number of aromatic nitrogens is 1. The molecule has 0 spiro atoms. The first-order chi connectivity index (χ1) is 12.4. The SMILES string of the molecule is CC(C)(C)NC(=O)OC1CN(Cc2ccccc2)CC1c1cccnc1. The molecule has 1 fully saturated rings. The van der Waals surface area contributed by atoms with Crippen LogP contribution in [-0.4, -0.2) is 40.7 Å². The van der Waals surface area contributed by atoms with E-state index in [1.54, 1.807) is 6.20 Å². The second-order valence-electron chi connectivity index (χ2n) is 7.89. The van der Waals surface area contributed by atoms with Crippen molar-refractivity contribution >= 4 is 6.09 Å². The van der Waals surface area contributed by atoms with E-state index in [9.17, 15) is 4.79 Å². The number of hydrogen-bond acceptors (Lipinski definition) is 4. The first kappa shape index (κ1) is 18.4. The number of benzene rings is 1. The van der Waals surface area contributed by atoms with Crippen molar-refractivity contribution in [1.29, 1.82) is 0 Å². The van der Waals surface area contributed by atoms with Crippen LogP contribution >= 0.6 is 0 Å². The molecule has 2 atom stereocenters. The molecule has 0 radical (unpaired) electrons. The van der Waals surface area contributed by atoms with Crippen molar-refractivity contribution in [2.24, 2.45) is 0 Å². The largest absolute Gasteiger partial charge is 0.444 e. The lowest BCUT2D eigenvalue weighted by atomic mass is 9.98. The maximum atomic E-state index is 12.3. The van der Waals surface area contributed by atoms with Crippen molar-refractivity contribution in [2.75, 3.05) is 13.1 Å². The summed E-state index contributed by atoms with van der Waals surface area (Å²) in [7, 11) is 0. The maximum absolute atomic E-state index is 12.3. The quantitative estimate of drug-likeness (QED) is 0.913. The lowest BCUT2D eigenvalue weighted by Crippen LogP contribution is -2.43. The number of carbonyl (C=O) groups excluding carboxylic acids is 1. The predicted octanol–water partition coefficient (Wildman–Crippen LogP) is 3.57. The van der Waals surface area contributed by atoms with Crippen LogP contribution in [0.15, 0.2) is 54.9 Å². The summed E-state index contributed by atoms with van der Waals surface area (Å²) in [6.07, 6.45) is 3.08. The van der Waals surface area contributed by atoms with Gasteiger partial charge >= 0.3 is 6.09 Å². The van der Waals surface area contributed by atoms with E-state index in [1.807, 2.05) is 39.1 Å². The minimum absolute atomic E-state index is 0.123. The summed E-state index contributed by atoms with van der Waals surface area (Å²) in [5, 5.41) is 2.89. The summed E-state index contributed by atoms with van der Waals surface area (Å²) in [4.78, 5) is 18.9. The highest BCUT2D eigenvalue weighted by Gasteiger charge is 2.37. The molecule has 2 heterocycles. The number of pyridine rings is 1. The van der Waals surface area contributed by atoms with Crippen molar-refractivity contribution in [2.45, 2.75) is 44.9 Å². The van der Waals surface area contributed by atoms with Gasteiger partial charge in [-0.2, -0.15) is 0 Å². The molecule has 1 aromatic carbocycles. The number of rotatable bonds is 4. The van der Waals surface area contributed by atoms with E-state index >= 15 is 0 Å². The second-order valence-corrected chi connectivity index (χ2v) is 7.89. The molecule has 1 aliphatic heterocycles. The first-order valence-electron chi connectivity index (χ1n) is 9.06. The van der Waals surface area contributed by atoms with Crippen LogP contribution in [0.3, 0.4) is 0 Å². The normalized spacial score (nSPS) is 20.7. The summed E-state index contributed by atoms with van der Waals surface area (Å²) in [5.41, 5.74) is 2.05. The van der Waals surface area contributed by atoms with Gasteiger partial charge < -0.3 is 10.1 Å². The fourth-order valence-electron chi connectivity index (χ4n) is 3.33. The molecule has 0 saturated carbocycles. The average molecular weight is 353 g/mol. The van der Waals surface area contributed by atoms with Crippen LogP contribution in [0.1, 0.15) is 37.8 Å². The fraction of sp³-hybridized carbons (Fsp3) is 0.429. The van der Waals surface area contributed by atoms with E-state index in [1.165, 1.54) is 5.56 Å². The number of carbonyl (C=O) groups is 1. The van der Waals surface area contributed by atoms with E-state index in [0.717, 1.165) is 18.7 Å². The Morgan fingerprint density at radius 2 is 1.96 bits per heavy atom. The van der Waals surface area contributed by atoms with Gasteiger partial charge in [0.2, 0.25) is 0 Å². The fourth-order valence-corrected chi connectivity index (χ4v) is 3.33. The molecule has 2 aromatic rings. The van der Waals surface area contributed by atoms with Crippen molar-refractivity contribution in [1.82, 2.24) is 15.2 Å². The summed E-state index contributed by atoms with van der Waals surface area (Å²) in [5.74, 6) is 0.123. The Morgan fingerprint density at radius 3 is 2.62 bits per heavy atom. The highest BCUT2D eigenvalue weighted by molar-refractivity contribution is 5.68. The van der Waals surface area contributed by atoms with E-state index in [-0.39, 0.29) is 23.7 Å². The lowest BCUT2D eigenvalue weighted by Gasteiger charge is -2.24. The van der Waals surface area contributed by atoms with Gasteiger partial charge in [-0.1, -0.05) is 36.4 Å². The number of nitrogens with one attached hydrogen (secondary N) is 1. The van der Waals surface area contributed by atoms with Gasteiger partial charge in [-0.3, -0.25) is 9.88 Å². The van der Waals surface area contributed by atoms with E-state index in [4.69, 9.17) is 4.74 Å². The topological polar surface area (TPSA) is 54.5 Å². The Balaban J connectivity index is 1.72. The lowest BCUT2D eigenvalue weighted by molar-refractivity contribution is 0.0871. The molecule has 26 heavy (non-hydrogen) atoms. The van der Waals surface area contributed by atoms with Crippen molar-refractivity contribution in [3.63, 3.8) is 0 Å². The van der Waals surface area contributed by atoms with Gasteiger partial charge in [-0.15, -0.1) is 0 Å². The molecule has 2 unspecified atom stereocenters. The third-order valence-corrected chi connectivity index (χ3v) is 4.44. The van der Waals surface area contributed by atoms with Crippen molar-refractivity contribution in [3.05, 3.63) is 66.0 Å². The predicted molar refractivity (Wildman–Crippen MR) is 102 cm³/mol. The number of nitrogens with zero attached hydrogens (tertiary/aromatic N) is 2.